The van der Waals surface area contributed by atoms with E-state index >= 15 is 0 Å². The van der Waals surface area contributed by atoms with Crippen LogP contribution in [0.15, 0.2) is 30.5 Å². The van der Waals surface area contributed by atoms with E-state index in [4.69, 9.17) is 21.1 Å². The number of ether oxygens (including phenoxy) is 2. The topological polar surface area (TPSA) is 36.3 Å². The normalized spacial score (nSPS) is 10.7. The van der Waals surface area contributed by atoms with Gasteiger partial charge in [-0.3, -0.25) is 4.57 Å². The lowest BCUT2D eigenvalue weighted by Gasteiger charge is -2.14. The first-order chi connectivity index (χ1) is 8.63. The number of hydrogen-bond acceptors (Lipinski definition) is 3. The van der Waals surface area contributed by atoms with Crippen molar-refractivity contribution in [3.63, 3.8) is 0 Å². The third kappa shape index (κ3) is 2.43. The van der Waals surface area contributed by atoms with Gasteiger partial charge in [0.25, 0.3) is 0 Å². The smallest absolute Gasteiger partial charge is 0.303 e. The van der Waals surface area contributed by atoms with Gasteiger partial charge in [0.1, 0.15) is 5.15 Å². The van der Waals surface area contributed by atoms with Gasteiger partial charge in [0, 0.05) is 6.04 Å². The molecule has 96 valence electrons. The summed E-state index contributed by atoms with van der Waals surface area (Å²) in [6.07, 6.45) is 1.58. The van der Waals surface area contributed by atoms with Crippen LogP contribution in [0.4, 0.5) is 0 Å². The van der Waals surface area contributed by atoms with Crippen molar-refractivity contribution >= 4 is 11.6 Å². The summed E-state index contributed by atoms with van der Waals surface area (Å²) in [6.45, 7) is 4.03. The van der Waals surface area contributed by atoms with Crippen LogP contribution in [0.5, 0.6) is 17.5 Å². The zero-order valence-corrected chi connectivity index (χ0v) is 11.3. The van der Waals surface area contributed by atoms with Gasteiger partial charge in [-0.1, -0.05) is 23.7 Å². The number of benzene rings is 1. The molecule has 0 radical (unpaired) electrons. The maximum atomic E-state index is 6.07. The first-order valence-corrected chi connectivity index (χ1v) is 6.05. The molecule has 5 heteroatoms. The third-order valence-electron chi connectivity index (χ3n) is 2.50. The van der Waals surface area contributed by atoms with Crippen molar-refractivity contribution in [2.45, 2.75) is 19.9 Å². The summed E-state index contributed by atoms with van der Waals surface area (Å²) in [5, 5.41) is 0.551. The minimum Gasteiger partial charge on any atom is -0.493 e. The Morgan fingerprint density at radius 3 is 2.50 bits per heavy atom. The number of rotatable bonds is 4. The summed E-state index contributed by atoms with van der Waals surface area (Å²) in [4.78, 5) is 4.16. The van der Waals surface area contributed by atoms with Crippen molar-refractivity contribution in [1.29, 1.82) is 0 Å². The molecule has 0 aliphatic carbocycles. The maximum absolute atomic E-state index is 6.07. The molecular formula is C13H15ClN2O2. The molecular weight excluding hydrogens is 252 g/mol. The molecule has 18 heavy (non-hydrogen) atoms. The second-order valence-electron chi connectivity index (χ2n) is 4.08. The summed E-state index contributed by atoms with van der Waals surface area (Å²) in [5.41, 5.74) is 0. The van der Waals surface area contributed by atoms with E-state index in [9.17, 15) is 0 Å². The summed E-state index contributed by atoms with van der Waals surface area (Å²) >= 11 is 6.07. The van der Waals surface area contributed by atoms with Crippen LogP contribution in [0.3, 0.4) is 0 Å². The average Bonchev–Trinajstić information content (AvgIpc) is 2.71. The van der Waals surface area contributed by atoms with Gasteiger partial charge in [-0.2, -0.15) is 0 Å². The lowest BCUT2D eigenvalue weighted by atomic mass is 10.3. The number of methoxy groups -OCH3 is 1. The largest absolute Gasteiger partial charge is 0.493 e. The van der Waals surface area contributed by atoms with Crippen molar-refractivity contribution in [3.05, 3.63) is 35.6 Å². The van der Waals surface area contributed by atoms with E-state index in [-0.39, 0.29) is 6.04 Å². The van der Waals surface area contributed by atoms with Crippen molar-refractivity contribution < 1.29 is 9.47 Å². The second kappa shape index (κ2) is 5.31. The van der Waals surface area contributed by atoms with Gasteiger partial charge in [-0.05, 0) is 26.0 Å². The number of imidazole rings is 1. The van der Waals surface area contributed by atoms with E-state index in [0.717, 1.165) is 0 Å². The van der Waals surface area contributed by atoms with E-state index in [0.29, 0.717) is 22.7 Å². The third-order valence-corrected chi connectivity index (χ3v) is 2.78. The van der Waals surface area contributed by atoms with E-state index in [1.807, 2.05) is 42.7 Å². The molecule has 1 aromatic carbocycles. The number of halogens is 1. The van der Waals surface area contributed by atoms with Crippen molar-refractivity contribution in [2.75, 3.05) is 7.11 Å². The molecule has 0 saturated carbocycles. The predicted octanol–water partition coefficient (Wildman–Crippen LogP) is 3.92. The van der Waals surface area contributed by atoms with Crippen molar-refractivity contribution in [1.82, 2.24) is 9.55 Å². The molecule has 0 aliphatic rings. The monoisotopic (exact) mass is 266 g/mol. The average molecular weight is 267 g/mol. The zero-order chi connectivity index (χ0) is 13.1. The fraction of sp³-hybridized carbons (Fsp3) is 0.308. The number of para-hydroxylation sites is 2. The maximum Gasteiger partial charge on any atom is 0.303 e. The van der Waals surface area contributed by atoms with Gasteiger partial charge in [0.15, 0.2) is 11.5 Å². The Hall–Kier alpha value is -1.68. The van der Waals surface area contributed by atoms with Crippen LogP contribution >= 0.6 is 11.6 Å². The Morgan fingerprint density at radius 2 is 1.89 bits per heavy atom. The van der Waals surface area contributed by atoms with E-state index < -0.39 is 0 Å². The molecule has 0 N–H and O–H groups in total. The van der Waals surface area contributed by atoms with Crippen molar-refractivity contribution in [3.8, 4) is 17.5 Å². The minimum atomic E-state index is 0.171. The molecule has 0 bridgehead atoms. The molecule has 0 fully saturated rings. The van der Waals surface area contributed by atoms with E-state index in [2.05, 4.69) is 4.98 Å². The molecule has 0 spiro atoms. The number of aromatic nitrogens is 2. The molecule has 0 amide bonds. The van der Waals surface area contributed by atoms with Crippen LogP contribution in [0, 0.1) is 0 Å². The quantitative estimate of drug-likeness (QED) is 0.842. The standard InChI is InChI=1S/C13H15ClN2O2/c1-9(2)16-12(14)8-15-13(16)18-11-7-5-4-6-10(11)17-3/h4-9H,1-3H3. The highest BCUT2D eigenvalue weighted by Gasteiger charge is 2.14. The fourth-order valence-electron chi connectivity index (χ4n) is 1.67. The van der Waals surface area contributed by atoms with Crippen LogP contribution in [0.25, 0.3) is 0 Å². The Bertz CT molecular complexity index is 538. The molecule has 0 aliphatic heterocycles. The van der Waals surface area contributed by atoms with Crippen LogP contribution < -0.4 is 9.47 Å². The van der Waals surface area contributed by atoms with Gasteiger partial charge in [-0.25, -0.2) is 4.98 Å². The fourth-order valence-corrected chi connectivity index (χ4v) is 1.99. The number of hydrogen-bond donors (Lipinski definition) is 0. The highest BCUT2D eigenvalue weighted by atomic mass is 35.5. The lowest BCUT2D eigenvalue weighted by molar-refractivity contribution is 0.352. The van der Waals surface area contributed by atoms with Gasteiger partial charge >= 0.3 is 6.01 Å². The molecule has 0 unspecified atom stereocenters. The zero-order valence-electron chi connectivity index (χ0n) is 10.6. The van der Waals surface area contributed by atoms with Crippen LogP contribution in [0.2, 0.25) is 5.15 Å². The van der Waals surface area contributed by atoms with Crippen LogP contribution in [0.1, 0.15) is 19.9 Å². The van der Waals surface area contributed by atoms with Gasteiger partial charge in [-0.15, -0.1) is 0 Å². The molecule has 0 atom stereocenters. The number of nitrogens with zero attached hydrogens (tertiary/aromatic N) is 2. The molecule has 1 aromatic heterocycles. The molecule has 0 saturated heterocycles. The van der Waals surface area contributed by atoms with Gasteiger partial charge in [0.2, 0.25) is 0 Å². The lowest BCUT2D eigenvalue weighted by Crippen LogP contribution is -2.04. The molecule has 2 rings (SSSR count). The Kier molecular flexibility index (Phi) is 3.77. The molecule has 1 heterocycles. The highest BCUT2D eigenvalue weighted by Crippen LogP contribution is 2.32. The Balaban J connectivity index is 2.34. The van der Waals surface area contributed by atoms with E-state index in [1.54, 1.807) is 13.3 Å². The highest BCUT2D eigenvalue weighted by molar-refractivity contribution is 6.29. The SMILES string of the molecule is COc1ccccc1Oc1ncc(Cl)n1C(C)C. The first-order valence-electron chi connectivity index (χ1n) is 5.67. The second-order valence-corrected chi connectivity index (χ2v) is 4.47. The summed E-state index contributed by atoms with van der Waals surface area (Å²) in [6, 6.07) is 8.05. The molecule has 2 aromatic rings. The van der Waals surface area contributed by atoms with Gasteiger partial charge < -0.3 is 9.47 Å². The summed E-state index contributed by atoms with van der Waals surface area (Å²) < 4.78 is 12.8. The van der Waals surface area contributed by atoms with Crippen LogP contribution in [-0.4, -0.2) is 16.7 Å². The van der Waals surface area contributed by atoms with Crippen LogP contribution in [-0.2, 0) is 0 Å². The minimum absolute atomic E-state index is 0.171. The van der Waals surface area contributed by atoms with E-state index in [1.165, 1.54) is 0 Å². The first kappa shape index (κ1) is 12.8. The Morgan fingerprint density at radius 1 is 1.22 bits per heavy atom. The van der Waals surface area contributed by atoms with Gasteiger partial charge in [0.05, 0.1) is 13.3 Å². The van der Waals surface area contributed by atoms with Crippen molar-refractivity contribution in [2.24, 2.45) is 0 Å². The molecule has 4 nitrogen and oxygen atoms in total. The summed E-state index contributed by atoms with van der Waals surface area (Å²) in [5.74, 6) is 1.27. The predicted molar refractivity (Wildman–Crippen MR) is 70.7 cm³/mol. The Labute approximate surface area is 111 Å². The summed E-state index contributed by atoms with van der Waals surface area (Å²) in [7, 11) is 1.60.